The summed E-state index contributed by atoms with van der Waals surface area (Å²) >= 11 is 0. The van der Waals surface area contributed by atoms with Gasteiger partial charge in [0.15, 0.2) is 0 Å². The van der Waals surface area contributed by atoms with Gasteiger partial charge in [-0.2, -0.15) is 10.2 Å². The number of benzene rings is 1. The fraction of sp³-hybridized carbons (Fsp3) is 0.381. The Morgan fingerprint density at radius 1 is 1.29 bits per heavy atom. The first-order chi connectivity index (χ1) is 13.3. The zero-order chi connectivity index (χ0) is 20.3. The third kappa shape index (κ3) is 4.42. The number of aromatic amines is 1. The fourth-order valence-electron chi connectivity index (χ4n) is 3.00. The minimum Gasteiger partial charge on any atom is -0.331 e. The lowest BCUT2D eigenvalue weighted by Gasteiger charge is -2.22. The molecule has 1 unspecified atom stereocenters. The summed E-state index contributed by atoms with van der Waals surface area (Å²) in [6, 6.07) is 11.5. The van der Waals surface area contributed by atoms with Gasteiger partial charge in [-0.25, -0.2) is 9.48 Å². The van der Waals surface area contributed by atoms with Crippen molar-refractivity contribution in [1.82, 2.24) is 30.2 Å². The summed E-state index contributed by atoms with van der Waals surface area (Å²) < 4.78 is 1.81. The molecule has 2 aromatic heterocycles. The minimum atomic E-state index is -0.165. The largest absolute Gasteiger partial charge is 0.331 e. The molecule has 0 radical (unpaired) electrons. The second kappa shape index (κ2) is 7.88. The number of H-pyrrole nitrogens is 1. The molecule has 7 heteroatoms. The average Bonchev–Trinajstić information content (AvgIpc) is 3.33. The number of urea groups is 1. The van der Waals surface area contributed by atoms with Crippen LogP contribution in [0.3, 0.4) is 0 Å². The van der Waals surface area contributed by atoms with E-state index >= 15 is 0 Å². The summed E-state index contributed by atoms with van der Waals surface area (Å²) in [6.45, 7) is 8.77. The molecule has 1 atom stereocenters. The highest BCUT2D eigenvalue weighted by Crippen LogP contribution is 2.22. The van der Waals surface area contributed by atoms with Gasteiger partial charge in [0.25, 0.3) is 0 Å². The van der Waals surface area contributed by atoms with Crippen LogP contribution in [0.25, 0.3) is 5.69 Å². The molecule has 0 spiro atoms. The van der Waals surface area contributed by atoms with Crippen molar-refractivity contribution >= 4 is 6.03 Å². The van der Waals surface area contributed by atoms with Gasteiger partial charge in [-0.05, 0) is 30.7 Å². The molecular weight excluding hydrogens is 352 g/mol. The third-order valence-electron chi connectivity index (χ3n) is 4.65. The standard InChI is InChI=1S/C21H28N6O/c1-15(17-9-6-7-10-18(17)27-12-8-11-22-27)23-20(28)26(5)14-16-13-19(25-24-16)21(2,3)4/h6-13,15H,14H2,1-5H3,(H,23,28)(H,24,25). The van der Waals surface area contributed by atoms with Crippen LogP contribution in [0.15, 0.2) is 48.8 Å². The number of amides is 2. The van der Waals surface area contributed by atoms with Crippen molar-refractivity contribution < 1.29 is 4.79 Å². The number of hydrogen-bond donors (Lipinski definition) is 2. The lowest BCUT2D eigenvalue weighted by molar-refractivity contribution is 0.203. The summed E-state index contributed by atoms with van der Waals surface area (Å²) in [5.41, 5.74) is 3.82. The molecule has 0 aliphatic carbocycles. The molecular formula is C21H28N6O. The Hall–Kier alpha value is -3.09. The maximum atomic E-state index is 12.7. The van der Waals surface area contributed by atoms with Gasteiger partial charge in [-0.3, -0.25) is 5.10 Å². The highest BCUT2D eigenvalue weighted by molar-refractivity contribution is 5.74. The zero-order valence-electron chi connectivity index (χ0n) is 17.1. The van der Waals surface area contributed by atoms with Gasteiger partial charge in [0, 0.05) is 24.9 Å². The van der Waals surface area contributed by atoms with E-state index in [2.05, 4.69) is 41.4 Å². The van der Waals surface area contributed by atoms with Crippen LogP contribution in [0.5, 0.6) is 0 Å². The predicted octanol–water partition coefficient (Wildman–Crippen LogP) is 3.80. The molecule has 28 heavy (non-hydrogen) atoms. The van der Waals surface area contributed by atoms with Gasteiger partial charge in [0.05, 0.1) is 29.7 Å². The van der Waals surface area contributed by atoms with E-state index in [-0.39, 0.29) is 17.5 Å². The molecule has 0 bridgehead atoms. The van der Waals surface area contributed by atoms with E-state index in [1.165, 1.54) is 0 Å². The highest BCUT2D eigenvalue weighted by atomic mass is 16.2. The number of carbonyl (C=O) groups is 1. The molecule has 0 fully saturated rings. The van der Waals surface area contributed by atoms with Crippen LogP contribution in [0.2, 0.25) is 0 Å². The molecule has 3 rings (SSSR count). The van der Waals surface area contributed by atoms with Crippen LogP contribution < -0.4 is 5.32 Å². The van der Waals surface area contributed by atoms with Gasteiger partial charge >= 0.3 is 6.03 Å². The Labute approximate surface area is 165 Å². The Kier molecular flexibility index (Phi) is 5.53. The minimum absolute atomic E-state index is 0.0275. The predicted molar refractivity (Wildman–Crippen MR) is 109 cm³/mol. The smallest absolute Gasteiger partial charge is 0.317 e. The van der Waals surface area contributed by atoms with Crippen molar-refractivity contribution in [1.29, 1.82) is 0 Å². The van der Waals surface area contributed by atoms with Crippen molar-refractivity contribution in [2.45, 2.75) is 45.7 Å². The Bertz CT molecular complexity index is 923. The topological polar surface area (TPSA) is 78.8 Å². The van der Waals surface area contributed by atoms with Crippen LogP contribution in [-0.4, -0.2) is 38.0 Å². The van der Waals surface area contributed by atoms with Gasteiger partial charge in [-0.1, -0.05) is 39.0 Å². The molecule has 2 N–H and O–H groups in total. The Morgan fingerprint density at radius 3 is 2.68 bits per heavy atom. The average molecular weight is 380 g/mol. The van der Waals surface area contributed by atoms with E-state index in [0.29, 0.717) is 6.54 Å². The molecule has 7 nitrogen and oxygen atoms in total. The molecule has 3 aromatic rings. The number of nitrogens with one attached hydrogen (secondary N) is 2. The molecule has 2 amide bonds. The summed E-state index contributed by atoms with van der Waals surface area (Å²) in [7, 11) is 1.78. The first-order valence-corrected chi connectivity index (χ1v) is 9.41. The van der Waals surface area contributed by atoms with E-state index in [9.17, 15) is 4.79 Å². The Morgan fingerprint density at radius 2 is 2.04 bits per heavy atom. The maximum absolute atomic E-state index is 12.7. The van der Waals surface area contributed by atoms with Gasteiger partial charge in [-0.15, -0.1) is 0 Å². The van der Waals surface area contributed by atoms with E-state index in [1.807, 2.05) is 49.5 Å². The number of nitrogens with zero attached hydrogens (tertiary/aromatic N) is 4. The summed E-state index contributed by atoms with van der Waals surface area (Å²) in [4.78, 5) is 14.3. The van der Waals surface area contributed by atoms with Crippen molar-refractivity contribution in [2.75, 3.05) is 7.05 Å². The highest BCUT2D eigenvalue weighted by Gasteiger charge is 2.20. The zero-order valence-corrected chi connectivity index (χ0v) is 17.1. The van der Waals surface area contributed by atoms with Gasteiger partial charge in [0.1, 0.15) is 0 Å². The first-order valence-electron chi connectivity index (χ1n) is 9.41. The number of para-hydroxylation sites is 1. The second-order valence-electron chi connectivity index (χ2n) is 8.07. The van der Waals surface area contributed by atoms with E-state index in [4.69, 9.17) is 0 Å². The van der Waals surface area contributed by atoms with Crippen molar-refractivity contribution in [3.05, 3.63) is 65.7 Å². The van der Waals surface area contributed by atoms with E-state index < -0.39 is 0 Å². The monoisotopic (exact) mass is 380 g/mol. The first kappa shape index (κ1) is 19.7. The van der Waals surface area contributed by atoms with Crippen molar-refractivity contribution in [2.24, 2.45) is 0 Å². The number of hydrogen-bond acceptors (Lipinski definition) is 3. The lowest BCUT2D eigenvalue weighted by atomic mass is 9.92. The quantitative estimate of drug-likeness (QED) is 0.707. The summed E-state index contributed by atoms with van der Waals surface area (Å²) in [5, 5.41) is 14.8. The molecule has 0 saturated heterocycles. The van der Waals surface area contributed by atoms with Crippen LogP contribution in [0.1, 0.15) is 50.7 Å². The lowest BCUT2D eigenvalue weighted by Crippen LogP contribution is -2.38. The molecule has 1 aromatic carbocycles. The summed E-state index contributed by atoms with van der Waals surface area (Å²) in [5.74, 6) is 0. The molecule has 0 saturated carbocycles. The van der Waals surface area contributed by atoms with Gasteiger partial charge in [0.2, 0.25) is 0 Å². The summed E-state index contributed by atoms with van der Waals surface area (Å²) in [6.07, 6.45) is 3.63. The van der Waals surface area contributed by atoms with Crippen LogP contribution in [0, 0.1) is 0 Å². The van der Waals surface area contributed by atoms with Crippen LogP contribution >= 0.6 is 0 Å². The van der Waals surface area contributed by atoms with Gasteiger partial charge < -0.3 is 10.2 Å². The molecule has 2 heterocycles. The van der Waals surface area contributed by atoms with Crippen molar-refractivity contribution in [3.8, 4) is 5.69 Å². The second-order valence-corrected chi connectivity index (χ2v) is 8.07. The number of carbonyl (C=O) groups excluding carboxylic acids is 1. The molecule has 0 aliphatic rings. The maximum Gasteiger partial charge on any atom is 0.317 e. The van der Waals surface area contributed by atoms with E-state index in [1.54, 1.807) is 22.8 Å². The Balaban J connectivity index is 1.67. The molecule has 0 aliphatic heterocycles. The number of aromatic nitrogens is 4. The van der Waals surface area contributed by atoms with Crippen LogP contribution in [-0.2, 0) is 12.0 Å². The molecule has 148 valence electrons. The van der Waals surface area contributed by atoms with Crippen molar-refractivity contribution in [3.63, 3.8) is 0 Å². The normalized spacial score (nSPS) is 12.6. The van der Waals surface area contributed by atoms with Crippen LogP contribution in [0.4, 0.5) is 4.79 Å². The van der Waals surface area contributed by atoms with E-state index in [0.717, 1.165) is 22.6 Å². The number of rotatable bonds is 5. The fourth-order valence-corrected chi connectivity index (χ4v) is 3.00. The SMILES string of the molecule is CC(NC(=O)N(C)Cc1cc(C(C)(C)C)n[nH]1)c1ccccc1-n1cccn1. The third-order valence-corrected chi connectivity index (χ3v) is 4.65.